The van der Waals surface area contributed by atoms with E-state index < -0.39 is 17.8 Å². The molecular weight excluding hydrogens is 325 g/mol. The normalized spacial score (nSPS) is 11.9. The minimum Gasteiger partial charge on any atom is -0.491 e. The molecule has 0 aromatic heterocycles. The van der Waals surface area contributed by atoms with Crippen LogP contribution in [0.4, 0.5) is 4.39 Å². The van der Waals surface area contributed by atoms with Crippen molar-refractivity contribution < 1.29 is 23.8 Å². The lowest BCUT2D eigenvalue weighted by Gasteiger charge is -2.15. The van der Waals surface area contributed by atoms with Crippen LogP contribution < -0.4 is 14.8 Å². The van der Waals surface area contributed by atoms with Gasteiger partial charge in [0.2, 0.25) is 0 Å². The fourth-order valence-electron chi connectivity index (χ4n) is 2.15. The van der Waals surface area contributed by atoms with Gasteiger partial charge in [0.25, 0.3) is 5.91 Å². The highest BCUT2D eigenvalue weighted by Gasteiger charge is 2.12. The summed E-state index contributed by atoms with van der Waals surface area (Å²) in [7, 11) is 0. The van der Waals surface area contributed by atoms with Gasteiger partial charge in [0.1, 0.15) is 5.75 Å². The summed E-state index contributed by atoms with van der Waals surface area (Å²) in [6.45, 7) is 3.52. The van der Waals surface area contributed by atoms with Crippen molar-refractivity contribution in [3.63, 3.8) is 0 Å². The highest BCUT2D eigenvalue weighted by atomic mass is 19.1. The minimum atomic E-state index is -0.881. The van der Waals surface area contributed by atoms with Crippen LogP contribution in [-0.2, 0) is 4.79 Å². The number of hydrogen-bond acceptors (Lipinski definition) is 4. The van der Waals surface area contributed by atoms with E-state index in [1.165, 1.54) is 18.2 Å². The van der Waals surface area contributed by atoms with E-state index in [9.17, 15) is 14.3 Å². The maximum atomic E-state index is 13.4. The van der Waals surface area contributed by atoms with E-state index in [0.717, 1.165) is 0 Å². The van der Waals surface area contributed by atoms with Crippen LogP contribution in [0.1, 0.15) is 25.5 Å². The zero-order valence-corrected chi connectivity index (χ0v) is 14.2. The van der Waals surface area contributed by atoms with Gasteiger partial charge < -0.3 is 19.9 Å². The summed E-state index contributed by atoms with van der Waals surface area (Å²) in [6, 6.07) is 12.9. The van der Waals surface area contributed by atoms with E-state index in [2.05, 4.69) is 5.32 Å². The molecule has 0 saturated heterocycles. The Morgan fingerprint density at radius 1 is 1.20 bits per heavy atom. The average Bonchev–Trinajstić information content (AvgIpc) is 2.58. The Morgan fingerprint density at radius 3 is 2.68 bits per heavy atom. The summed E-state index contributed by atoms with van der Waals surface area (Å²) in [6.07, 6.45) is -0.851. The maximum absolute atomic E-state index is 13.4. The number of ether oxygens (including phenoxy) is 2. The topological polar surface area (TPSA) is 67.8 Å². The summed E-state index contributed by atoms with van der Waals surface area (Å²) in [5.41, 5.74) is 0.633. The molecule has 0 aliphatic heterocycles. The van der Waals surface area contributed by atoms with E-state index in [-0.39, 0.29) is 25.0 Å². The van der Waals surface area contributed by atoms with Crippen LogP contribution in [0.15, 0.2) is 48.5 Å². The monoisotopic (exact) mass is 347 g/mol. The van der Waals surface area contributed by atoms with Gasteiger partial charge in [-0.3, -0.25) is 4.79 Å². The number of amides is 1. The van der Waals surface area contributed by atoms with Crippen molar-refractivity contribution in [1.82, 2.24) is 5.32 Å². The number of halogens is 1. The quantitative estimate of drug-likeness (QED) is 0.771. The van der Waals surface area contributed by atoms with Crippen LogP contribution in [0.3, 0.4) is 0 Å². The molecule has 1 amide bonds. The van der Waals surface area contributed by atoms with Crippen molar-refractivity contribution in [3.8, 4) is 11.5 Å². The number of rotatable bonds is 8. The van der Waals surface area contributed by atoms with E-state index in [4.69, 9.17) is 9.47 Å². The molecule has 0 aliphatic carbocycles. The smallest absolute Gasteiger partial charge is 0.258 e. The number of aliphatic hydroxyl groups is 1. The third-order valence-electron chi connectivity index (χ3n) is 3.30. The van der Waals surface area contributed by atoms with Gasteiger partial charge in [0, 0.05) is 6.54 Å². The standard InChI is InChI=1S/C19H22FNO4/c1-13(2)25-15-7-5-6-14(10-15)17(22)11-21-19(23)12-24-18-9-4-3-8-16(18)20/h3-10,13,17,22H,11-12H2,1-2H3,(H,21,23). The first kappa shape index (κ1) is 18.7. The molecule has 134 valence electrons. The van der Waals surface area contributed by atoms with Crippen molar-refractivity contribution >= 4 is 5.91 Å². The first-order valence-corrected chi connectivity index (χ1v) is 8.04. The Balaban J connectivity index is 1.82. The summed E-state index contributed by atoms with van der Waals surface area (Å²) in [5, 5.41) is 12.7. The zero-order valence-electron chi connectivity index (χ0n) is 14.2. The molecule has 0 spiro atoms. The lowest BCUT2D eigenvalue weighted by Crippen LogP contribution is -2.32. The van der Waals surface area contributed by atoms with E-state index in [1.807, 2.05) is 13.8 Å². The highest BCUT2D eigenvalue weighted by molar-refractivity contribution is 5.77. The van der Waals surface area contributed by atoms with Crippen LogP contribution in [0.2, 0.25) is 0 Å². The Hall–Kier alpha value is -2.60. The van der Waals surface area contributed by atoms with Gasteiger partial charge in [0.05, 0.1) is 12.2 Å². The second kappa shape index (κ2) is 9.03. The number of carbonyl (C=O) groups excluding carboxylic acids is 1. The molecule has 25 heavy (non-hydrogen) atoms. The first-order valence-electron chi connectivity index (χ1n) is 8.04. The van der Waals surface area contributed by atoms with Gasteiger partial charge in [-0.25, -0.2) is 4.39 Å². The summed E-state index contributed by atoms with van der Waals surface area (Å²) in [5.74, 6) is -0.313. The molecule has 0 radical (unpaired) electrons. The SMILES string of the molecule is CC(C)Oc1cccc(C(O)CNC(=O)COc2ccccc2F)c1. The molecule has 0 heterocycles. The molecule has 0 bridgehead atoms. The molecule has 2 aromatic rings. The maximum Gasteiger partial charge on any atom is 0.258 e. The molecular formula is C19H22FNO4. The number of benzene rings is 2. The number of carbonyl (C=O) groups is 1. The van der Waals surface area contributed by atoms with Crippen molar-refractivity contribution in [2.24, 2.45) is 0 Å². The van der Waals surface area contributed by atoms with Crippen LogP contribution >= 0.6 is 0 Å². The van der Waals surface area contributed by atoms with Gasteiger partial charge in [-0.05, 0) is 43.7 Å². The average molecular weight is 347 g/mol. The first-order chi connectivity index (χ1) is 12.0. The fraction of sp³-hybridized carbons (Fsp3) is 0.316. The summed E-state index contributed by atoms with van der Waals surface area (Å²) < 4.78 is 24.1. The van der Waals surface area contributed by atoms with Gasteiger partial charge in [-0.1, -0.05) is 24.3 Å². The minimum absolute atomic E-state index is 0.0109. The van der Waals surface area contributed by atoms with Crippen molar-refractivity contribution in [2.75, 3.05) is 13.2 Å². The molecule has 0 fully saturated rings. The fourth-order valence-corrected chi connectivity index (χ4v) is 2.15. The van der Waals surface area contributed by atoms with E-state index >= 15 is 0 Å². The third-order valence-corrected chi connectivity index (χ3v) is 3.30. The lowest BCUT2D eigenvalue weighted by atomic mass is 10.1. The van der Waals surface area contributed by atoms with Crippen molar-refractivity contribution in [3.05, 3.63) is 59.9 Å². The van der Waals surface area contributed by atoms with Crippen molar-refractivity contribution in [2.45, 2.75) is 26.1 Å². The molecule has 0 saturated carbocycles. The molecule has 2 aromatic carbocycles. The lowest BCUT2D eigenvalue weighted by molar-refractivity contribution is -0.123. The third kappa shape index (κ3) is 6.08. The molecule has 2 N–H and O–H groups in total. The molecule has 6 heteroatoms. The molecule has 1 unspecified atom stereocenters. The summed E-state index contributed by atoms with van der Waals surface area (Å²) in [4.78, 5) is 11.8. The predicted molar refractivity (Wildman–Crippen MR) is 92.1 cm³/mol. The second-order valence-electron chi connectivity index (χ2n) is 5.78. The molecule has 0 aliphatic rings. The largest absolute Gasteiger partial charge is 0.491 e. The number of aliphatic hydroxyl groups excluding tert-OH is 1. The molecule has 1 atom stereocenters. The van der Waals surface area contributed by atoms with Gasteiger partial charge in [0.15, 0.2) is 18.2 Å². The van der Waals surface area contributed by atoms with Gasteiger partial charge in [-0.15, -0.1) is 0 Å². The van der Waals surface area contributed by atoms with E-state index in [1.54, 1.807) is 30.3 Å². The second-order valence-corrected chi connectivity index (χ2v) is 5.78. The number of nitrogens with one attached hydrogen (secondary N) is 1. The highest BCUT2D eigenvalue weighted by Crippen LogP contribution is 2.20. The van der Waals surface area contributed by atoms with Gasteiger partial charge >= 0.3 is 0 Å². The number of para-hydroxylation sites is 1. The Morgan fingerprint density at radius 2 is 1.96 bits per heavy atom. The summed E-state index contributed by atoms with van der Waals surface area (Å²) >= 11 is 0. The van der Waals surface area contributed by atoms with Crippen LogP contribution in [0.5, 0.6) is 11.5 Å². The van der Waals surface area contributed by atoms with Crippen LogP contribution in [-0.4, -0.2) is 30.3 Å². The zero-order chi connectivity index (χ0) is 18.2. The Kier molecular flexibility index (Phi) is 6.77. The van der Waals surface area contributed by atoms with Crippen molar-refractivity contribution in [1.29, 1.82) is 0 Å². The molecule has 2 rings (SSSR count). The Bertz CT molecular complexity index is 705. The van der Waals surface area contributed by atoms with Gasteiger partial charge in [-0.2, -0.15) is 0 Å². The van der Waals surface area contributed by atoms with E-state index in [0.29, 0.717) is 11.3 Å². The van der Waals surface area contributed by atoms with Crippen LogP contribution in [0.25, 0.3) is 0 Å². The Labute approximate surface area is 146 Å². The molecule has 5 nitrogen and oxygen atoms in total. The number of hydrogen-bond donors (Lipinski definition) is 2. The van der Waals surface area contributed by atoms with Crippen LogP contribution in [0, 0.1) is 5.82 Å². The predicted octanol–water partition coefficient (Wildman–Crippen LogP) is 2.84.